The van der Waals surface area contributed by atoms with Crippen molar-refractivity contribution in [2.45, 2.75) is 25.4 Å². The van der Waals surface area contributed by atoms with Crippen molar-refractivity contribution in [1.29, 1.82) is 0 Å². The van der Waals surface area contributed by atoms with Crippen LogP contribution in [0.25, 0.3) is 0 Å². The lowest BCUT2D eigenvalue weighted by Crippen LogP contribution is -2.40. The van der Waals surface area contributed by atoms with E-state index in [4.69, 9.17) is 46.4 Å². The molecule has 0 saturated carbocycles. The molecular weight excluding hydrogens is 496 g/mol. The van der Waals surface area contributed by atoms with Gasteiger partial charge in [0.25, 0.3) is 5.56 Å². The van der Waals surface area contributed by atoms with Crippen molar-refractivity contribution in [3.63, 3.8) is 0 Å². The first-order valence-electron chi connectivity index (χ1n) is 8.80. The van der Waals surface area contributed by atoms with E-state index in [1.807, 2.05) is 0 Å². The Hall–Kier alpha value is -2.06. The first-order chi connectivity index (χ1) is 14.6. The molecule has 0 spiro atoms. The quantitative estimate of drug-likeness (QED) is 0.460. The highest BCUT2D eigenvalue weighted by Gasteiger charge is 2.20. The molecule has 0 fully saturated rings. The number of nitrogens with zero attached hydrogens (tertiary/aromatic N) is 2. The highest BCUT2D eigenvalue weighted by atomic mass is 35.5. The van der Waals surface area contributed by atoms with Crippen LogP contribution in [0, 0.1) is 0 Å². The van der Waals surface area contributed by atoms with Crippen LogP contribution in [0.3, 0.4) is 0 Å². The molecule has 31 heavy (non-hydrogen) atoms. The molecular formula is C20H14Cl4F2N2O3. The molecule has 2 atom stereocenters. The van der Waals surface area contributed by atoms with E-state index in [2.05, 4.69) is 0 Å². The number of benzene rings is 2. The Kier molecular flexibility index (Phi) is 7.31. The van der Waals surface area contributed by atoms with Gasteiger partial charge in [-0.1, -0.05) is 58.5 Å². The third-order valence-electron chi connectivity index (χ3n) is 4.55. The molecule has 0 unspecified atom stereocenters. The summed E-state index contributed by atoms with van der Waals surface area (Å²) in [5, 5.41) is 10.7. The van der Waals surface area contributed by atoms with Gasteiger partial charge in [0.05, 0.1) is 39.2 Å². The van der Waals surface area contributed by atoms with Crippen molar-refractivity contribution in [3.8, 4) is 5.88 Å². The normalized spacial score (nSPS) is 13.2. The van der Waals surface area contributed by atoms with Gasteiger partial charge in [-0.3, -0.25) is 13.9 Å². The monoisotopic (exact) mass is 508 g/mol. The SMILES string of the molecule is O=c1cc(O)n(C[C@@H](F)c2ccc(Cl)c(Cl)c2)c(=O)n1C[C@H](F)c1ccc(Cl)c(Cl)c1. The van der Waals surface area contributed by atoms with Gasteiger partial charge in [0, 0.05) is 0 Å². The van der Waals surface area contributed by atoms with Crippen LogP contribution >= 0.6 is 46.4 Å². The molecule has 5 nitrogen and oxygen atoms in total. The minimum Gasteiger partial charge on any atom is -0.494 e. The first kappa shape index (κ1) is 23.6. The fourth-order valence-corrected chi connectivity index (χ4v) is 3.50. The fraction of sp³-hybridized carbons (Fsp3) is 0.200. The lowest BCUT2D eigenvalue weighted by atomic mass is 10.1. The summed E-state index contributed by atoms with van der Waals surface area (Å²) in [5.74, 6) is -0.751. The number of halogens is 6. The van der Waals surface area contributed by atoms with E-state index in [0.29, 0.717) is 15.2 Å². The summed E-state index contributed by atoms with van der Waals surface area (Å²) >= 11 is 23.4. The summed E-state index contributed by atoms with van der Waals surface area (Å²) in [6, 6.07) is 8.79. The van der Waals surface area contributed by atoms with E-state index < -0.39 is 42.6 Å². The Morgan fingerprint density at radius 2 is 1.19 bits per heavy atom. The Morgan fingerprint density at radius 3 is 1.65 bits per heavy atom. The number of alkyl halides is 2. The first-order valence-corrected chi connectivity index (χ1v) is 10.3. The molecule has 3 rings (SSSR count). The summed E-state index contributed by atoms with van der Waals surface area (Å²) in [4.78, 5) is 24.9. The highest BCUT2D eigenvalue weighted by molar-refractivity contribution is 6.42. The number of hydrogen-bond donors (Lipinski definition) is 1. The summed E-state index contributed by atoms with van der Waals surface area (Å²) in [6.45, 7) is -1.30. The summed E-state index contributed by atoms with van der Waals surface area (Å²) < 4.78 is 30.7. The van der Waals surface area contributed by atoms with Gasteiger partial charge in [0.1, 0.15) is 12.3 Å². The molecule has 0 bridgehead atoms. The van der Waals surface area contributed by atoms with Gasteiger partial charge in [-0.15, -0.1) is 0 Å². The van der Waals surface area contributed by atoms with Gasteiger partial charge < -0.3 is 5.11 Å². The van der Waals surface area contributed by atoms with Crippen LogP contribution in [-0.2, 0) is 13.1 Å². The molecule has 0 amide bonds. The van der Waals surface area contributed by atoms with Crippen LogP contribution in [0.5, 0.6) is 5.88 Å². The predicted octanol–water partition coefficient (Wildman–Crippen LogP) is 5.75. The van der Waals surface area contributed by atoms with E-state index in [1.165, 1.54) is 36.4 Å². The number of rotatable bonds is 6. The lowest BCUT2D eigenvalue weighted by Gasteiger charge is -2.16. The third kappa shape index (κ3) is 5.23. The predicted molar refractivity (Wildman–Crippen MR) is 117 cm³/mol. The van der Waals surface area contributed by atoms with Crippen LogP contribution in [-0.4, -0.2) is 14.2 Å². The minimum absolute atomic E-state index is 0.0968. The van der Waals surface area contributed by atoms with Crippen molar-refractivity contribution in [2.75, 3.05) is 0 Å². The van der Waals surface area contributed by atoms with Crippen molar-refractivity contribution in [3.05, 3.63) is 94.5 Å². The second-order valence-electron chi connectivity index (χ2n) is 6.63. The Labute approximate surface area is 195 Å². The second-order valence-corrected chi connectivity index (χ2v) is 8.26. The maximum atomic E-state index is 14.8. The minimum atomic E-state index is -1.78. The second kappa shape index (κ2) is 9.61. The van der Waals surface area contributed by atoms with Crippen LogP contribution in [0.15, 0.2) is 52.1 Å². The molecule has 0 aliphatic carbocycles. The van der Waals surface area contributed by atoms with E-state index in [1.54, 1.807) is 0 Å². The molecule has 0 radical (unpaired) electrons. The standard InChI is InChI=1S/C20H14Cl4F2N2O3/c21-12-3-1-10(5-14(12)23)16(25)8-27-18(29)7-19(30)28(20(27)31)9-17(26)11-2-4-13(22)15(24)6-11/h1-7,16-17,29H,8-9H2/t16-,17+/m1/s1. The van der Waals surface area contributed by atoms with E-state index in [9.17, 15) is 23.5 Å². The van der Waals surface area contributed by atoms with Crippen LogP contribution < -0.4 is 11.2 Å². The Bertz CT molecular complexity index is 1250. The average Bonchev–Trinajstić information content (AvgIpc) is 2.72. The number of aromatic nitrogens is 2. The zero-order valence-electron chi connectivity index (χ0n) is 15.5. The largest absolute Gasteiger partial charge is 0.494 e. The maximum absolute atomic E-state index is 14.8. The Balaban J connectivity index is 1.92. The van der Waals surface area contributed by atoms with Crippen molar-refractivity contribution in [1.82, 2.24) is 9.13 Å². The third-order valence-corrected chi connectivity index (χ3v) is 6.03. The van der Waals surface area contributed by atoms with Gasteiger partial charge >= 0.3 is 5.69 Å². The van der Waals surface area contributed by atoms with E-state index >= 15 is 0 Å². The molecule has 164 valence electrons. The van der Waals surface area contributed by atoms with Gasteiger partial charge in [-0.05, 0) is 35.4 Å². The van der Waals surface area contributed by atoms with Gasteiger partial charge in [0.2, 0.25) is 5.88 Å². The van der Waals surface area contributed by atoms with Crippen LogP contribution in [0.1, 0.15) is 23.5 Å². The summed E-state index contributed by atoms with van der Waals surface area (Å²) in [6.07, 6.45) is -3.55. The molecule has 11 heteroatoms. The van der Waals surface area contributed by atoms with Crippen LogP contribution in [0.4, 0.5) is 8.78 Å². The molecule has 1 aromatic heterocycles. The highest BCUT2D eigenvalue weighted by Crippen LogP contribution is 2.29. The fourth-order valence-electron chi connectivity index (χ4n) is 2.89. The number of aromatic hydroxyl groups is 1. The van der Waals surface area contributed by atoms with Crippen molar-refractivity contribution in [2.24, 2.45) is 0 Å². The molecule has 2 aromatic carbocycles. The molecule has 0 aliphatic rings. The van der Waals surface area contributed by atoms with E-state index in [0.717, 1.165) is 0 Å². The Morgan fingerprint density at radius 1 is 0.742 bits per heavy atom. The molecule has 0 aliphatic heterocycles. The van der Waals surface area contributed by atoms with E-state index in [-0.39, 0.29) is 31.2 Å². The summed E-state index contributed by atoms with van der Waals surface area (Å²) in [7, 11) is 0. The van der Waals surface area contributed by atoms with Gasteiger partial charge in [-0.2, -0.15) is 0 Å². The number of hydrogen-bond acceptors (Lipinski definition) is 3. The van der Waals surface area contributed by atoms with Gasteiger partial charge in [-0.25, -0.2) is 13.6 Å². The van der Waals surface area contributed by atoms with Crippen molar-refractivity contribution < 1.29 is 13.9 Å². The zero-order valence-corrected chi connectivity index (χ0v) is 18.6. The van der Waals surface area contributed by atoms with Crippen LogP contribution in [0.2, 0.25) is 20.1 Å². The molecule has 1 N–H and O–H groups in total. The topological polar surface area (TPSA) is 64.2 Å². The smallest absolute Gasteiger partial charge is 0.333 e. The summed E-state index contributed by atoms with van der Waals surface area (Å²) in [5.41, 5.74) is -1.81. The maximum Gasteiger partial charge on any atom is 0.333 e. The van der Waals surface area contributed by atoms with Gasteiger partial charge in [0.15, 0.2) is 0 Å². The molecule has 3 aromatic rings. The average molecular weight is 510 g/mol. The zero-order chi connectivity index (χ0) is 22.9. The van der Waals surface area contributed by atoms with Crippen molar-refractivity contribution >= 4 is 46.4 Å². The molecule has 1 heterocycles. The lowest BCUT2D eigenvalue weighted by molar-refractivity contribution is 0.261. The molecule has 0 saturated heterocycles.